The zero-order valence-electron chi connectivity index (χ0n) is 26.7. The molecule has 0 radical (unpaired) electrons. The molecular formula is C35H39N3O6. The van der Waals surface area contributed by atoms with Crippen LogP contribution in [0.2, 0.25) is 0 Å². The molecule has 0 bridgehead atoms. The maximum Gasteiger partial charge on any atom is 0.419 e. The normalized spacial score (nSPS) is 12.5. The second-order valence-electron chi connectivity index (χ2n) is 13.7. The predicted octanol–water partition coefficient (Wildman–Crippen LogP) is 9.08. The van der Waals surface area contributed by atoms with Gasteiger partial charge in [-0.2, -0.15) is 0 Å². The largest absolute Gasteiger partial charge is 0.443 e. The first-order valence-electron chi connectivity index (χ1n) is 14.6. The van der Waals surface area contributed by atoms with Crippen molar-refractivity contribution in [2.75, 3.05) is 0 Å². The number of fused-ring (bicyclic) bond motifs is 2. The Balaban J connectivity index is 1.81. The number of ether oxygens (including phenoxy) is 3. The van der Waals surface area contributed by atoms with E-state index in [1.54, 1.807) is 74.4 Å². The van der Waals surface area contributed by atoms with E-state index in [4.69, 9.17) is 14.2 Å². The molecule has 0 saturated heterocycles. The number of hydrogen-bond acceptors (Lipinski definition) is 6. The van der Waals surface area contributed by atoms with Gasteiger partial charge in [0, 0.05) is 10.8 Å². The first-order chi connectivity index (χ1) is 20.4. The smallest absolute Gasteiger partial charge is 0.419 e. The molecule has 0 N–H and O–H groups in total. The summed E-state index contributed by atoms with van der Waals surface area (Å²) in [7, 11) is 0. The van der Waals surface area contributed by atoms with Crippen LogP contribution in [-0.2, 0) is 14.2 Å². The van der Waals surface area contributed by atoms with Gasteiger partial charge in [-0.1, -0.05) is 36.4 Å². The van der Waals surface area contributed by atoms with Crippen LogP contribution >= 0.6 is 0 Å². The van der Waals surface area contributed by atoms with Crippen molar-refractivity contribution in [1.29, 1.82) is 0 Å². The van der Waals surface area contributed by atoms with E-state index < -0.39 is 35.1 Å². The molecule has 3 heterocycles. The molecule has 0 aliphatic rings. The van der Waals surface area contributed by atoms with E-state index in [1.807, 2.05) is 60.7 Å². The summed E-state index contributed by atoms with van der Waals surface area (Å²) in [5.41, 5.74) is 0.533. The molecule has 0 aliphatic heterocycles. The summed E-state index contributed by atoms with van der Waals surface area (Å²) in [6.07, 6.45) is -1.85. The van der Waals surface area contributed by atoms with E-state index in [9.17, 15) is 14.4 Å². The molecule has 0 fully saturated rings. The molecule has 0 aliphatic carbocycles. The Kier molecular flexibility index (Phi) is 7.48. The molecule has 0 amide bonds. The fraction of sp³-hybridized carbons (Fsp3) is 0.343. The molecule has 9 nitrogen and oxygen atoms in total. The topological polar surface area (TPSA) is 93.7 Å². The molecule has 3 aromatic heterocycles. The maximum atomic E-state index is 14.0. The predicted molar refractivity (Wildman–Crippen MR) is 171 cm³/mol. The molecule has 44 heavy (non-hydrogen) atoms. The van der Waals surface area contributed by atoms with Gasteiger partial charge >= 0.3 is 18.3 Å². The van der Waals surface area contributed by atoms with Crippen molar-refractivity contribution in [3.63, 3.8) is 0 Å². The van der Waals surface area contributed by atoms with Gasteiger partial charge in [0.15, 0.2) is 0 Å². The lowest BCUT2D eigenvalue weighted by atomic mass is 10.2. The van der Waals surface area contributed by atoms with Crippen molar-refractivity contribution in [2.45, 2.75) is 79.1 Å². The third kappa shape index (κ3) is 6.13. The van der Waals surface area contributed by atoms with E-state index in [2.05, 4.69) is 0 Å². The number of nitrogens with zero attached hydrogens (tertiary/aromatic N) is 3. The lowest BCUT2D eigenvalue weighted by molar-refractivity contribution is 0.0521. The Labute approximate surface area is 256 Å². The highest BCUT2D eigenvalue weighted by molar-refractivity contribution is 6.00. The van der Waals surface area contributed by atoms with Crippen LogP contribution in [0.25, 0.3) is 44.6 Å². The van der Waals surface area contributed by atoms with Gasteiger partial charge in [0.2, 0.25) is 0 Å². The van der Waals surface area contributed by atoms with Crippen LogP contribution in [0.1, 0.15) is 62.3 Å². The van der Waals surface area contributed by atoms with Gasteiger partial charge in [0.05, 0.1) is 33.8 Å². The number of aromatic nitrogens is 3. The number of para-hydroxylation sites is 2. The van der Waals surface area contributed by atoms with E-state index >= 15 is 0 Å². The quantitative estimate of drug-likeness (QED) is 0.188. The number of hydrogen-bond donors (Lipinski definition) is 0. The van der Waals surface area contributed by atoms with Gasteiger partial charge < -0.3 is 14.2 Å². The Bertz CT molecular complexity index is 1780. The first-order valence-corrected chi connectivity index (χ1v) is 14.6. The molecule has 0 atom stereocenters. The van der Waals surface area contributed by atoms with E-state index in [-0.39, 0.29) is 0 Å². The van der Waals surface area contributed by atoms with Crippen LogP contribution in [0.4, 0.5) is 14.4 Å². The minimum atomic E-state index is -0.828. The van der Waals surface area contributed by atoms with Crippen LogP contribution in [0.3, 0.4) is 0 Å². The standard InChI is InChI=1S/C35H39N3O6/c1-33(2,3)42-30(39)36-24-16-12-10-14-22(24)20-28(36)26-18-19-27(38(26)32(41)44-35(7,8)9)29-21-23-15-11-13-17-25(23)37(29)31(40)43-34(4,5)6/h10-21H,1-9H3. The average Bonchev–Trinajstić information content (AvgIpc) is 3.58. The van der Waals surface area contributed by atoms with E-state index in [0.717, 1.165) is 10.8 Å². The number of benzene rings is 2. The fourth-order valence-electron chi connectivity index (χ4n) is 5.04. The molecule has 9 heteroatoms. The van der Waals surface area contributed by atoms with Gasteiger partial charge in [-0.15, -0.1) is 0 Å². The highest BCUT2D eigenvalue weighted by atomic mass is 16.6. The molecular weight excluding hydrogens is 558 g/mol. The summed E-state index contributed by atoms with van der Waals surface area (Å²) in [5, 5.41) is 1.57. The van der Waals surface area contributed by atoms with Crippen molar-refractivity contribution >= 4 is 40.1 Å². The highest BCUT2D eigenvalue weighted by Crippen LogP contribution is 2.37. The maximum absolute atomic E-state index is 14.0. The second-order valence-corrected chi connectivity index (χ2v) is 13.7. The third-order valence-corrected chi connectivity index (χ3v) is 6.56. The molecule has 0 saturated carbocycles. The van der Waals surface area contributed by atoms with Crippen LogP contribution < -0.4 is 0 Å². The zero-order valence-corrected chi connectivity index (χ0v) is 26.7. The Hall–Kier alpha value is -4.79. The van der Waals surface area contributed by atoms with E-state index in [0.29, 0.717) is 33.8 Å². The third-order valence-electron chi connectivity index (χ3n) is 6.56. The number of rotatable bonds is 2. The summed E-state index contributed by atoms with van der Waals surface area (Å²) in [5.74, 6) is 0. The summed E-state index contributed by atoms with van der Waals surface area (Å²) in [6.45, 7) is 16.1. The molecule has 5 aromatic rings. The minimum Gasteiger partial charge on any atom is -0.443 e. The lowest BCUT2D eigenvalue weighted by Crippen LogP contribution is -2.30. The summed E-state index contributed by atoms with van der Waals surface area (Å²) >= 11 is 0. The molecule has 0 spiro atoms. The molecule has 0 unspecified atom stereocenters. The second kappa shape index (κ2) is 10.7. The monoisotopic (exact) mass is 597 g/mol. The van der Waals surface area contributed by atoms with Gasteiger partial charge in [-0.05, 0) is 98.7 Å². The number of carbonyl (C=O) groups is 3. The van der Waals surface area contributed by atoms with Crippen molar-refractivity contribution in [2.24, 2.45) is 0 Å². The number of carbonyl (C=O) groups excluding carboxylic acids is 3. The van der Waals surface area contributed by atoms with Crippen molar-refractivity contribution in [1.82, 2.24) is 13.7 Å². The molecule has 2 aromatic carbocycles. The summed E-state index contributed by atoms with van der Waals surface area (Å²) < 4.78 is 21.8. The van der Waals surface area contributed by atoms with Crippen molar-refractivity contribution in [3.8, 4) is 22.8 Å². The minimum absolute atomic E-state index is 0.386. The van der Waals surface area contributed by atoms with Gasteiger partial charge in [-0.25, -0.2) is 28.1 Å². The summed E-state index contributed by atoms with van der Waals surface area (Å²) in [6, 6.07) is 22.0. The van der Waals surface area contributed by atoms with E-state index in [1.165, 1.54) is 13.7 Å². The molecule has 230 valence electrons. The van der Waals surface area contributed by atoms with Crippen LogP contribution in [0, 0.1) is 0 Å². The van der Waals surface area contributed by atoms with Gasteiger partial charge in [-0.3, -0.25) is 0 Å². The Morgan fingerprint density at radius 2 is 0.773 bits per heavy atom. The Morgan fingerprint density at radius 1 is 0.455 bits per heavy atom. The van der Waals surface area contributed by atoms with Crippen molar-refractivity contribution < 1.29 is 28.6 Å². The van der Waals surface area contributed by atoms with Gasteiger partial charge in [0.1, 0.15) is 16.8 Å². The zero-order chi connectivity index (χ0) is 32.2. The summed E-state index contributed by atoms with van der Waals surface area (Å²) in [4.78, 5) is 41.4. The van der Waals surface area contributed by atoms with Crippen LogP contribution in [-0.4, -0.2) is 48.8 Å². The SMILES string of the molecule is CC(C)(C)OC(=O)n1c(-c2cc3ccccc3n2C(=O)OC(C)(C)C)ccc1-c1cc2ccccc2n1C(=O)OC(C)(C)C. The lowest BCUT2D eigenvalue weighted by Gasteiger charge is -2.24. The van der Waals surface area contributed by atoms with Gasteiger partial charge in [0.25, 0.3) is 0 Å². The van der Waals surface area contributed by atoms with Crippen molar-refractivity contribution in [3.05, 3.63) is 72.8 Å². The molecule has 5 rings (SSSR count). The fourth-order valence-corrected chi connectivity index (χ4v) is 5.04. The van der Waals surface area contributed by atoms with Crippen LogP contribution in [0.15, 0.2) is 72.8 Å². The Morgan fingerprint density at radius 3 is 1.11 bits per heavy atom. The highest BCUT2D eigenvalue weighted by Gasteiger charge is 2.31. The average molecular weight is 598 g/mol. The van der Waals surface area contributed by atoms with Crippen LogP contribution in [0.5, 0.6) is 0 Å². The first kappa shape index (κ1) is 30.7.